The first kappa shape index (κ1) is 38.8. The van der Waals surface area contributed by atoms with Gasteiger partial charge in [-0.05, 0) is 54.1 Å². The topological polar surface area (TPSA) is 251 Å². The summed E-state index contributed by atoms with van der Waals surface area (Å²) in [7, 11) is 0. The molecule has 0 unspecified atom stereocenters. The lowest BCUT2D eigenvalue weighted by molar-refractivity contribution is -0.109. The number of nitrogens with two attached hydrogens (primary N) is 1. The number of carbonyl (C=O) groups excluding carboxylic acids is 2. The highest BCUT2D eigenvalue weighted by Gasteiger charge is 2.07. The quantitative estimate of drug-likeness (QED) is 0.0123. The van der Waals surface area contributed by atoms with Gasteiger partial charge in [-0.25, -0.2) is 0 Å². The van der Waals surface area contributed by atoms with Crippen LogP contribution in [0.15, 0.2) is 76.0 Å². The lowest BCUT2D eigenvalue weighted by Gasteiger charge is -2.11. The van der Waals surface area contributed by atoms with E-state index in [4.69, 9.17) is 30.2 Å². The van der Waals surface area contributed by atoms with Gasteiger partial charge in [0, 0.05) is 48.0 Å². The summed E-state index contributed by atoms with van der Waals surface area (Å²) in [6.07, 6.45) is 0.614. The minimum absolute atomic E-state index is 0.0731. The first-order valence-corrected chi connectivity index (χ1v) is 15.0. The highest BCUT2D eigenvalue weighted by atomic mass is 16.5. The normalized spacial score (nSPS) is 11.2. The Labute approximate surface area is 278 Å². The molecule has 0 heterocycles. The number of anilines is 2. The lowest BCUT2D eigenvalue weighted by atomic mass is 10.2. The first-order chi connectivity index (χ1) is 23.4. The van der Waals surface area contributed by atoms with Crippen LogP contribution >= 0.6 is 0 Å². The van der Waals surface area contributed by atoms with Crippen LogP contribution in [0.2, 0.25) is 0 Å². The number of benzene rings is 2. The van der Waals surface area contributed by atoms with E-state index in [1.165, 1.54) is 12.1 Å². The molecule has 18 heteroatoms. The van der Waals surface area contributed by atoms with Crippen molar-refractivity contribution in [2.45, 2.75) is 0 Å². The number of ether oxygens (including phenoxy) is 4. The maximum absolute atomic E-state index is 12.5. The third kappa shape index (κ3) is 18.5. The summed E-state index contributed by atoms with van der Waals surface area (Å²) in [5, 5.41) is 27.3. The minimum Gasteiger partial charge on any atom is -0.508 e. The standard InChI is InChI=1S/C30H43N11O7/c1-23(37-25-4-2-24(3-5-25)28(44)34-11-15-46-20-21-48-17-13-36-41-32)38-30(39-26-6-8-27(43)9-7-26)40-29(31)35-12-16-47-19-18-45-14-10-33-22-42/h2-9,22,37,43H,1,10-21H2,(H,33,42)(H,34,44)(H4,31,35,38,39,40). The van der Waals surface area contributed by atoms with Gasteiger partial charge in [0.2, 0.25) is 12.4 Å². The number of aliphatic imine (C=N–C) groups is 2. The van der Waals surface area contributed by atoms with Crippen LogP contribution in [-0.2, 0) is 23.7 Å². The second kappa shape index (κ2) is 24.8. The Morgan fingerprint density at radius 2 is 1.38 bits per heavy atom. The van der Waals surface area contributed by atoms with E-state index in [-0.39, 0.29) is 35.9 Å². The third-order valence-electron chi connectivity index (χ3n) is 5.73. The van der Waals surface area contributed by atoms with Crippen LogP contribution < -0.4 is 32.3 Å². The molecule has 0 radical (unpaired) electrons. The number of nitrogens with one attached hydrogen (secondary N) is 5. The molecule has 18 nitrogen and oxygen atoms in total. The van der Waals surface area contributed by atoms with Crippen molar-refractivity contribution in [1.82, 2.24) is 16.0 Å². The molecule has 0 fully saturated rings. The van der Waals surface area contributed by atoms with E-state index in [9.17, 15) is 14.7 Å². The molecule has 0 saturated heterocycles. The number of carbonyl (C=O) groups is 2. The fourth-order valence-electron chi connectivity index (χ4n) is 3.51. The molecule has 0 saturated carbocycles. The second-order valence-electron chi connectivity index (χ2n) is 9.41. The van der Waals surface area contributed by atoms with Gasteiger partial charge >= 0.3 is 0 Å². The summed E-state index contributed by atoms with van der Waals surface area (Å²) in [5.74, 6) is 0.261. The number of nitrogens with zero attached hydrogens (tertiary/aromatic N) is 5. The van der Waals surface area contributed by atoms with E-state index in [0.717, 1.165) is 0 Å². The summed E-state index contributed by atoms with van der Waals surface area (Å²) in [5.41, 5.74) is 16.0. The molecular formula is C30H43N11O7. The predicted octanol–water partition coefficient (Wildman–Crippen LogP) is 1.50. The van der Waals surface area contributed by atoms with Gasteiger partial charge in [0.25, 0.3) is 5.91 Å². The number of guanidine groups is 2. The number of amides is 2. The molecular weight excluding hydrogens is 626 g/mol. The highest BCUT2D eigenvalue weighted by Crippen LogP contribution is 2.15. The maximum atomic E-state index is 12.5. The molecule has 2 aromatic rings. The number of hydrogen-bond donors (Lipinski definition) is 7. The van der Waals surface area contributed by atoms with Crippen LogP contribution in [0.5, 0.6) is 5.75 Å². The average Bonchev–Trinajstić information content (AvgIpc) is 3.07. The van der Waals surface area contributed by atoms with Crippen molar-refractivity contribution in [2.75, 3.05) is 89.7 Å². The largest absolute Gasteiger partial charge is 0.508 e. The van der Waals surface area contributed by atoms with Crippen molar-refractivity contribution >= 4 is 35.6 Å². The van der Waals surface area contributed by atoms with Crippen molar-refractivity contribution in [2.24, 2.45) is 20.8 Å². The van der Waals surface area contributed by atoms with Crippen molar-refractivity contribution in [3.8, 4) is 5.75 Å². The fraction of sp³-hybridized carbons (Fsp3) is 0.400. The Balaban J connectivity index is 1.84. The summed E-state index contributed by atoms with van der Waals surface area (Å²) in [4.78, 5) is 34.0. The van der Waals surface area contributed by atoms with Crippen LogP contribution in [0.4, 0.5) is 11.4 Å². The molecule has 0 aromatic heterocycles. The van der Waals surface area contributed by atoms with Gasteiger partial charge in [0.1, 0.15) is 11.6 Å². The zero-order chi connectivity index (χ0) is 34.7. The van der Waals surface area contributed by atoms with E-state index in [0.29, 0.717) is 95.8 Å². The number of rotatable bonds is 24. The molecule has 2 amide bonds. The highest BCUT2D eigenvalue weighted by molar-refractivity contribution is 6.02. The van der Waals surface area contributed by atoms with Crippen molar-refractivity contribution in [3.05, 3.63) is 76.9 Å². The molecule has 260 valence electrons. The number of aromatic hydroxyl groups is 1. The van der Waals surface area contributed by atoms with Gasteiger partial charge in [-0.15, -0.1) is 0 Å². The summed E-state index contributed by atoms with van der Waals surface area (Å²) in [6, 6.07) is 13.0. The van der Waals surface area contributed by atoms with Crippen molar-refractivity contribution in [1.29, 1.82) is 0 Å². The zero-order valence-electron chi connectivity index (χ0n) is 26.6. The lowest BCUT2D eigenvalue weighted by Crippen LogP contribution is -2.35. The van der Waals surface area contributed by atoms with Crippen LogP contribution in [0.25, 0.3) is 10.4 Å². The summed E-state index contributed by atoms with van der Waals surface area (Å²) < 4.78 is 21.4. The van der Waals surface area contributed by atoms with Gasteiger partial charge in [0.15, 0.2) is 5.96 Å². The van der Waals surface area contributed by atoms with Crippen molar-refractivity contribution < 1.29 is 33.6 Å². The van der Waals surface area contributed by atoms with E-state index in [1.54, 1.807) is 36.4 Å². The average molecular weight is 670 g/mol. The molecule has 0 aliphatic rings. The molecule has 8 N–H and O–H groups in total. The molecule has 0 bridgehead atoms. The molecule has 2 aromatic carbocycles. The van der Waals surface area contributed by atoms with Gasteiger partial charge in [0.05, 0.1) is 52.9 Å². The van der Waals surface area contributed by atoms with Gasteiger partial charge < -0.3 is 56.4 Å². The Hall–Kier alpha value is -5.39. The van der Waals surface area contributed by atoms with Gasteiger partial charge in [-0.2, -0.15) is 9.98 Å². The van der Waals surface area contributed by atoms with Crippen LogP contribution in [0, 0.1) is 0 Å². The fourth-order valence-corrected chi connectivity index (χ4v) is 3.51. The predicted molar refractivity (Wildman–Crippen MR) is 182 cm³/mol. The molecule has 0 atom stereocenters. The maximum Gasteiger partial charge on any atom is 0.251 e. The Bertz CT molecular complexity index is 1350. The Kier molecular flexibility index (Phi) is 20.0. The van der Waals surface area contributed by atoms with Crippen LogP contribution in [-0.4, -0.2) is 108 Å². The number of phenolic OH excluding ortho intramolecular Hbond substituents is 1. The zero-order valence-corrected chi connectivity index (χ0v) is 26.6. The SMILES string of the molecule is C=C(/N=C(\N=C(/N)NCCOCCOCCNC=O)Nc1ccc(O)cc1)Nc1ccc(C(=O)NCCOCCOCCN=[N+]=[N-])cc1. The number of phenols is 1. The molecule has 0 aliphatic carbocycles. The number of azide groups is 1. The monoisotopic (exact) mass is 669 g/mol. The van der Waals surface area contributed by atoms with Crippen LogP contribution in [0.3, 0.4) is 0 Å². The smallest absolute Gasteiger partial charge is 0.251 e. The molecule has 48 heavy (non-hydrogen) atoms. The van der Waals surface area contributed by atoms with E-state index >= 15 is 0 Å². The van der Waals surface area contributed by atoms with E-state index in [1.807, 2.05) is 0 Å². The van der Waals surface area contributed by atoms with Gasteiger partial charge in [-0.1, -0.05) is 11.7 Å². The molecule has 0 spiro atoms. The Morgan fingerprint density at radius 3 is 2.00 bits per heavy atom. The van der Waals surface area contributed by atoms with E-state index < -0.39 is 0 Å². The Morgan fingerprint density at radius 1 is 0.812 bits per heavy atom. The minimum atomic E-state index is -0.257. The second-order valence-corrected chi connectivity index (χ2v) is 9.41. The third-order valence-corrected chi connectivity index (χ3v) is 5.73. The molecule has 0 aliphatic heterocycles. The van der Waals surface area contributed by atoms with E-state index in [2.05, 4.69) is 53.2 Å². The first-order valence-electron chi connectivity index (χ1n) is 15.0. The van der Waals surface area contributed by atoms with Gasteiger partial charge in [-0.3, -0.25) is 9.59 Å². The molecule has 2 rings (SSSR count). The summed E-state index contributed by atoms with van der Waals surface area (Å²) >= 11 is 0. The van der Waals surface area contributed by atoms with Crippen molar-refractivity contribution in [3.63, 3.8) is 0 Å². The van der Waals surface area contributed by atoms with Crippen LogP contribution in [0.1, 0.15) is 10.4 Å². The summed E-state index contributed by atoms with van der Waals surface area (Å²) in [6.45, 7) is 8.22. The number of hydrogen-bond acceptors (Lipinski definition) is 10.